The maximum atomic E-state index is 6.18. The van der Waals surface area contributed by atoms with Crippen molar-refractivity contribution in [1.82, 2.24) is 0 Å². The van der Waals surface area contributed by atoms with Crippen LogP contribution >= 0.6 is 24.2 Å². The number of hydrogen-bond acceptors (Lipinski definition) is 3. The molecule has 84 valence electrons. The number of halogens is 1. The van der Waals surface area contributed by atoms with Gasteiger partial charge in [0.25, 0.3) is 0 Å². The Kier molecular flexibility index (Phi) is 4.61. The minimum Gasteiger partial charge on any atom is -0.495 e. The molecule has 0 aliphatic rings. The third kappa shape index (κ3) is 2.73. The third-order valence-corrected chi connectivity index (χ3v) is 3.08. The minimum absolute atomic E-state index is 0.772. The van der Waals surface area contributed by atoms with Crippen LogP contribution in [0.2, 0.25) is 5.02 Å². The lowest BCUT2D eigenvalue weighted by atomic mass is 10.1. The number of nitrogens with one attached hydrogen (secondary N) is 1. The van der Waals surface area contributed by atoms with Gasteiger partial charge in [-0.05, 0) is 31.0 Å². The molecular weight excluding hydrogens is 230 g/mol. The van der Waals surface area contributed by atoms with E-state index >= 15 is 0 Å². The molecule has 1 N–H and O–H groups in total. The van der Waals surface area contributed by atoms with Crippen molar-refractivity contribution in [2.45, 2.75) is 13.8 Å². The van der Waals surface area contributed by atoms with Crippen molar-refractivity contribution in [2.24, 2.45) is 0 Å². The second kappa shape index (κ2) is 5.52. The number of hydrogen-bond donors (Lipinski definition) is 2. The third-order valence-electron chi connectivity index (χ3n) is 2.28. The molecule has 0 aromatic heterocycles. The van der Waals surface area contributed by atoms with Gasteiger partial charge in [0.05, 0.1) is 12.8 Å². The van der Waals surface area contributed by atoms with E-state index in [2.05, 4.69) is 17.9 Å². The summed E-state index contributed by atoms with van der Waals surface area (Å²) in [5.41, 5.74) is 3.01. The number of aryl methyl sites for hydroxylation is 1. The summed E-state index contributed by atoms with van der Waals surface area (Å²) >= 11 is 10.3. The summed E-state index contributed by atoms with van der Waals surface area (Å²) in [5.74, 6) is 1.60. The van der Waals surface area contributed by atoms with Crippen LogP contribution in [0.5, 0.6) is 5.75 Å². The van der Waals surface area contributed by atoms with Crippen molar-refractivity contribution >= 4 is 29.9 Å². The topological polar surface area (TPSA) is 21.3 Å². The van der Waals surface area contributed by atoms with Gasteiger partial charge in [0.1, 0.15) is 5.75 Å². The molecule has 2 nitrogen and oxygen atoms in total. The maximum Gasteiger partial charge on any atom is 0.142 e. The van der Waals surface area contributed by atoms with E-state index in [0.717, 1.165) is 39.9 Å². The Labute approximate surface area is 101 Å². The fraction of sp³-hybridized carbons (Fsp3) is 0.455. The van der Waals surface area contributed by atoms with Gasteiger partial charge in [-0.25, -0.2) is 0 Å². The minimum atomic E-state index is 0.772. The molecule has 0 amide bonds. The lowest BCUT2D eigenvalue weighted by Crippen LogP contribution is -2.06. The van der Waals surface area contributed by atoms with Crippen molar-refractivity contribution in [1.29, 1.82) is 0 Å². The molecule has 0 spiro atoms. The highest BCUT2D eigenvalue weighted by Crippen LogP contribution is 2.35. The molecule has 0 heterocycles. The average molecular weight is 246 g/mol. The number of benzene rings is 1. The number of methoxy groups -OCH3 is 1. The smallest absolute Gasteiger partial charge is 0.142 e. The van der Waals surface area contributed by atoms with Gasteiger partial charge in [-0.1, -0.05) is 11.6 Å². The zero-order valence-electron chi connectivity index (χ0n) is 9.22. The Bertz CT molecular complexity index is 355. The van der Waals surface area contributed by atoms with Crippen LogP contribution in [0.15, 0.2) is 6.07 Å². The molecule has 0 fully saturated rings. The fourth-order valence-corrected chi connectivity index (χ4v) is 1.74. The molecule has 15 heavy (non-hydrogen) atoms. The number of anilines is 1. The summed E-state index contributed by atoms with van der Waals surface area (Å²) in [5, 5.41) is 4.05. The molecule has 0 atom stereocenters. The van der Waals surface area contributed by atoms with Crippen molar-refractivity contribution in [3.05, 3.63) is 22.2 Å². The Hall–Kier alpha value is -0.540. The van der Waals surface area contributed by atoms with Crippen LogP contribution in [-0.4, -0.2) is 19.4 Å². The number of ether oxygens (including phenoxy) is 1. The first-order valence-electron chi connectivity index (χ1n) is 4.80. The van der Waals surface area contributed by atoms with Gasteiger partial charge in [-0.15, -0.1) is 0 Å². The van der Waals surface area contributed by atoms with Crippen LogP contribution in [0.1, 0.15) is 11.1 Å². The first-order valence-corrected chi connectivity index (χ1v) is 5.81. The van der Waals surface area contributed by atoms with Crippen LogP contribution in [0.25, 0.3) is 0 Å². The van der Waals surface area contributed by atoms with Gasteiger partial charge in [-0.3, -0.25) is 0 Å². The Morgan fingerprint density at radius 2 is 2.13 bits per heavy atom. The molecule has 1 aromatic carbocycles. The largest absolute Gasteiger partial charge is 0.495 e. The summed E-state index contributed by atoms with van der Waals surface area (Å²) < 4.78 is 5.31. The molecule has 0 saturated carbocycles. The average Bonchev–Trinajstić information content (AvgIpc) is 2.24. The second-order valence-electron chi connectivity index (χ2n) is 3.36. The highest BCUT2D eigenvalue weighted by molar-refractivity contribution is 7.80. The van der Waals surface area contributed by atoms with E-state index in [9.17, 15) is 0 Å². The molecular formula is C11H16ClNOS. The van der Waals surface area contributed by atoms with Crippen molar-refractivity contribution in [3.8, 4) is 5.75 Å². The molecule has 1 aromatic rings. The van der Waals surface area contributed by atoms with E-state index in [1.807, 2.05) is 19.9 Å². The molecule has 0 bridgehead atoms. The number of thiol groups is 1. The van der Waals surface area contributed by atoms with Gasteiger partial charge in [0.15, 0.2) is 0 Å². The van der Waals surface area contributed by atoms with Gasteiger partial charge in [0, 0.05) is 17.3 Å². The SMILES string of the molecule is COc1cc(C)c(Cl)c(C)c1NCCS. The Balaban J connectivity index is 3.15. The molecule has 0 saturated heterocycles. The first kappa shape index (κ1) is 12.5. The summed E-state index contributed by atoms with van der Waals surface area (Å²) in [7, 11) is 1.66. The van der Waals surface area contributed by atoms with E-state index < -0.39 is 0 Å². The lowest BCUT2D eigenvalue weighted by molar-refractivity contribution is 0.416. The lowest BCUT2D eigenvalue weighted by Gasteiger charge is -2.16. The van der Waals surface area contributed by atoms with Crippen LogP contribution in [-0.2, 0) is 0 Å². The van der Waals surface area contributed by atoms with Crippen LogP contribution < -0.4 is 10.1 Å². The van der Waals surface area contributed by atoms with E-state index in [1.165, 1.54) is 0 Å². The molecule has 0 aliphatic heterocycles. The van der Waals surface area contributed by atoms with Crippen LogP contribution in [0, 0.1) is 13.8 Å². The van der Waals surface area contributed by atoms with E-state index in [4.69, 9.17) is 16.3 Å². The normalized spacial score (nSPS) is 10.2. The summed E-state index contributed by atoms with van der Waals surface area (Å²) in [6.07, 6.45) is 0. The van der Waals surface area contributed by atoms with Crippen LogP contribution in [0.4, 0.5) is 5.69 Å². The predicted molar refractivity (Wildman–Crippen MR) is 69.8 cm³/mol. The highest BCUT2D eigenvalue weighted by Gasteiger charge is 2.11. The zero-order valence-corrected chi connectivity index (χ0v) is 10.9. The highest BCUT2D eigenvalue weighted by atomic mass is 35.5. The van der Waals surface area contributed by atoms with Crippen molar-refractivity contribution in [2.75, 3.05) is 24.7 Å². The van der Waals surface area contributed by atoms with Gasteiger partial charge >= 0.3 is 0 Å². The monoisotopic (exact) mass is 245 g/mol. The fourth-order valence-electron chi connectivity index (χ4n) is 1.48. The maximum absolute atomic E-state index is 6.18. The van der Waals surface area contributed by atoms with Crippen molar-refractivity contribution in [3.63, 3.8) is 0 Å². The van der Waals surface area contributed by atoms with Gasteiger partial charge in [0.2, 0.25) is 0 Å². The quantitative estimate of drug-likeness (QED) is 0.795. The summed E-state index contributed by atoms with van der Waals surface area (Å²) in [4.78, 5) is 0. The predicted octanol–water partition coefficient (Wildman–Crippen LogP) is 3.31. The second-order valence-corrected chi connectivity index (χ2v) is 4.19. The van der Waals surface area contributed by atoms with E-state index in [-0.39, 0.29) is 0 Å². The van der Waals surface area contributed by atoms with E-state index in [0.29, 0.717) is 0 Å². The molecule has 0 unspecified atom stereocenters. The number of rotatable bonds is 4. The summed E-state index contributed by atoms with van der Waals surface area (Å²) in [6, 6.07) is 1.94. The zero-order chi connectivity index (χ0) is 11.4. The summed E-state index contributed by atoms with van der Waals surface area (Å²) in [6.45, 7) is 4.75. The van der Waals surface area contributed by atoms with Crippen LogP contribution in [0.3, 0.4) is 0 Å². The van der Waals surface area contributed by atoms with Crippen molar-refractivity contribution < 1.29 is 4.74 Å². The molecule has 1 rings (SSSR count). The van der Waals surface area contributed by atoms with E-state index in [1.54, 1.807) is 7.11 Å². The Morgan fingerprint density at radius 3 is 2.67 bits per heavy atom. The van der Waals surface area contributed by atoms with Gasteiger partial charge < -0.3 is 10.1 Å². The molecule has 4 heteroatoms. The first-order chi connectivity index (χ1) is 7.11. The van der Waals surface area contributed by atoms with Gasteiger partial charge in [-0.2, -0.15) is 12.6 Å². The standard InChI is InChI=1S/C11H16ClNOS/c1-7-6-9(14-3)11(13-4-5-15)8(2)10(7)12/h6,13,15H,4-5H2,1-3H3. The molecule has 0 aliphatic carbocycles. The Morgan fingerprint density at radius 1 is 1.47 bits per heavy atom. The molecule has 0 radical (unpaired) electrons.